The van der Waals surface area contributed by atoms with Crippen LogP contribution >= 0.6 is 22.6 Å². The van der Waals surface area contributed by atoms with Crippen molar-refractivity contribution in [1.29, 1.82) is 0 Å². The van der Waals surface area contributed by atoms with Gasteiger partial charge in [-0.05, 0) is 53.8 Å². The third kappa shape index (κ3) is 2.85. The maximum Gasteiger partial charge on any atom is 0.252 e. The van der Waals surface area contributed by atoms with Gasteiger partial charge in [0.2, 0.25) is 0 Å². The van der Waals surface area contributed by atoms with Crippen molar-refractivity contribution in [1.82, 2.24) is 14.9 Å². The van der Waals surface area contributed by atoms with Crippen molar-refractivity contribution in [3.8, 4) is 0 Å². The van der Waals surface area contributed by atoms with Gasteiger partial charge in [0.1, 0.15) is 5.82 Å². The van der Waals surface area contributed by atoms with Gasteiger partial charge < -0.3 is 9.88 Å². The highest BCUT2D eigenvalue weighted by atomic mass is 127. The molecule has 4 nitrogen and oxygen atoms in total. The Hall–Kier alpha value is -1.89. The van der Waals surface area contributed by atoms with Crippen molar-refractivity contribution >= 4 is 39.5 Å². The van der Waals surface area contributed by atoms with Crippen LogP contribution in [-0.4, -0.2) is 15.5 Å². The van der Waals surface area contributed by atoms with E-state index >= 15 is 0 Å². The second-order valence-electron chi connectivity index (χ2n) is 4.92. The zero-order valence-corrected chi connectivity index (χ0v) is 14.4. The summed E-state index contributed by atoms with van der Waals surface area (Å²) >= 11 is 2.17. The van der Waals surface area contributed by atoms with Crippen molar-refractivity contribution in [3.05, 3.63) is 63.5 Å². The molecule has 0 atom stereocenters. The molecular weight excluding hydrogens is 389 g/mol. The topological polar surface area (TPSA) is 46.9 Å². The van der Waals surface area contributed by atoms with Crippen LogP contribution in [0.5, 0.6) is 0 Å². The number of carbonyl (C=O) groups excluding carboxylic acids is 1. The number of rotatable bonds is 4. The zero-order chi connectivity index (χ0) is 15.5. The van der Waals surface area contributed by atoms with E-state index in [9.17, 15) is 4.79 Å². The van der Waals surface area contributed by atoms with Gasteiger partial charge in [0, 0.05) is 10.1 Å². The predicted molar refractivity (Wildman–Crippen MR) is 95.7 cm³/mol. The fraction of sp³-hybridized carbons (Fsp3) is 0.176. The number of hydrogen-bond acceptors (Lipinski definition) is 2. The van der Waals surface area contributed by atoms with Crippen LogP contribution in [0.3, 0.4) is 0 Å². The Morgan fingerprint density at radius 1 is 1.18 bits per heavy atom. The van der Waals surface area contributed by atoms with Gasteiger partial charge in [-0.3, -0.25) is 4.79 Å². The first-order chi connectivity index (χ1) is 10.7. The Bertz CT molecular complexity index is 826. The average Bonchev–Trinajstić information content (AvgIpc) is 2.90. The van der Waals surface area contributed by atoms with E-state index in [1.807, 2.05) is 42.5 Å². The Morgan fingerprint density at radius 2 is 1.91 bits per heavy atom. The van der Waals surface area contributed by atoms with Crippen LogP contribution in [0.4, 0.5) is 0 Å². The summed E-state index contributed by atoms with van der Waals surface area (Å²) in [6.45, 7) is 3.33. The third-order valence-electron chi connectivity index (χ3n) is 3.58. The lowest BCUT2D eigenvalue weighted by Gasteiger charge is -2.08. The number of fused-ring (bicyclic) bond motifs is 1. The molecule has 0 aliphatic heterocycles. The fourth-order valence-corrected chi connectivity index (χ4v) is 3.15. The first-order valence-electron chi connectivity index (χ1n) is 7.17. The molecule has 112 valence electrons. The molecule has 0 aliphatic rings. The molecule has 0 spiro atoms. The molecule has 0 saturated heterocycles. The average molecular weight is 405 g/mol. The summed E-state index contributed by atoms with van der Waals surface area (Å²) in [5.74, 6) is 0.808. The van der Waals surface area contributed by atoms with E-state index in [1.54, 1.807) is 0 Å². The number of imidazole rings is 1. The van der Waals surface area contributed by atoms with Crippen LogP contribution in [0.2, 0.25) is 0 Å². The number of para-hydroxylation sites is 2. The number of amides is 1. The van der Waals surface area contributed by atoms with E-state index in [1.165, 1.54) is 0 Å². The van der Waals surface area contributed by atoms with Gasteiger partial charge in [-0.2, -0.15) is 0 Å². The van der Waals surface area contributed by atoms with Crippen LogP contribution in [0.1, 0.15) is 23.1 Å². The van der Waals surface area contributed by atoms with Crippen LogP contribution in [0.15, 0.2) is 48.5 Å². The standard InChI is InChI=1S/C17H16IN3O/c1-2-21-15-10-6-5-9-14(15)20-16(21)11-19-17(22)12-7-3-4-8-13(12)18/h3-10H,2,11H2,1H3,(H,19,22). The molecule has 3 rings (SSSR count). The van der Waals surface area contributed by atoms with Gasteiger partial charge in [-0.1, -0.05) is 24.3 Å². The van der Waals surface area contributed by atoms with Crippen LogP contribution in [-0.2, 0) is 13.1 Å². The highest BCUT2D eigenvalue weighted by Crippen LogP contribution is 2.16. The molecule has 1 heterocycles. The lowest BCUT2D eigenvalue weighted by Crippen LogP contribution is -2.25. The lowest BCUT2D eigenvalue weighted by atomic mass is 10.2. The van der Waals surface area contributed by atoms with Gasteiger partial charge in [-0.15, -0.1) is 0 Å². The summed E-state index contributed by atoms with van der Waals surface area (Å²) < 4.78 is 3.08. The number of nitrogens with one attached hydrogen (secondary N) is 1. The minimum atomic E-state index is -0.0697. The van der Waals surface area contributed by atoms with Crippen molar-refractivity contribution in [2.24, 2.45) is 0 Å². The fourth-order valence-electron chi connectivity index (χ4n) is 2.51. The number of aromatic nitrogens is 2. The van der Waals surface area contributed by atoms with Crippen molar-refractivity contribution in [3.63, 3.8) is 0 Å². The first-order valence-corrected chi connectivity index (χ1v) is 8.25. The Labute approximate surface area is 142 Å². The Morgan fingerprint density at radius 3 is 2.68 bits per heavy atom. The number of aryl methyl sites for hydroxylation is 1. The van der Waals surface area contributed by atoms with Gasteiger partial charge in [-0.25, -0.2) is 4.98 Å². The molecule has 5 heteroatoms. The molecule has 1 aromatic heterocycles. The summed E-state index contributed by atoms with van der Waals surface area (Å²) in [7, 11) is 0. The van der Waals surface area contributed by atoms with Crippen LogP contribution in [0, 0.1) is 3.57 Å². The number of halogens is 1. The molecule has 0 fully saturated rings. The molecule has 1 N–H and O–H groups in total. The zero-order valence-electron chi connectivity index (χ0n) is 12.2. The molecule has 22 heavy (non-hydrogen) atoms. The van der Waals surface area contributed by atoms with Crippen LogP contribution in [0.25, 0.3) is 11.0 Å². The number of hydrogen-bond donors (Lipinski definition) is 1. The van der Waals surface area contributed by atoms with E-state index in [4.69, 9.17) is 0 Å². The number of carbonyl (C=O) groups is 1. The summed E-state index contributed by atoms with van der Waals surface area (Å²) in [5.41, 5.74) is 2.76. The smallest absolute Gasteiger partial charge is 0.252 e. The SMILES string of the molecule is CCn1c(CNC(=O)c2ccccc2I)nc2ccccc21. The molecule has 2 aromatic carbocycles. The molecule has 0 saturated carbocycles. The second kappa shape index (κ2) is 6.48. The van der Waals surface area contributed by atoms with Crippen molar-refractivity contribution < 1.29 is 4.79 Å². The molecule has 0 unspecified atom stereocenters. The maximum absolute atomic E-state index is 12.3. The largest absolute Gasteiger partial charge is 0.345 e. The molecule has 0 aliphatic carbocycles. The molecule has 0 bridgehead atoms. The molecule has 1 amide bonds. The Kier molecular flexibility index (Phi) is 4.42. The summed E-state index contributed by atoms with van der Waals surface area (Å²) in [4.78, 5) is 16.9. The number of benzene rings is 2. The van der Waals surface area contributed by atoms with Gasteiger partial charge in [0.25, 0.3) is 5.91 Å². The quantitative estimate of drug-likeness (QED) is 0.675. The highest BCUT2D eigenvalue weighted by Gasteiger charge is 2.12. The predicted octanol–water partition coefficient (Wildman–Crippen LogP) is 3.59. The second-order valence-corrected chi connectivity index (χ2v) is 6.09. The van der Waals surface area contributed by atoms with Crippen molar-refractivity contribution in [2.75, 3.05) is 0 Å². The molecule has 3 aromatic rings. The molecular formula is C17H16IN3O. The maximum atomic E-state index is 12.3. The molecule has 0 radical (unpaired) electrons. The van der Waals surface area contributed by atoms with Crippen molar-refractivity contribution in [2.45, 2.75) is 20.0 Å². The summed E-state index contributed by atoms with van der Waals surface area (Å²) in [6, 6.07) is 15.6. The highest BCUT2D eigenvalue weighted by molar-refractivity contribution is 14.1. The van der Waals surface area contributed by atoms with Gasteiger partial charge in [0.15, 0.2) is 0 Å². The van der Waals surface area contributed by atoms with E-state index < -0.39 is 0 Å². The third-order valence-corrected chi connectivity index (χ3v) is 4.52. The Balaban J connectivity index is 1.82. The lowest BCUT2D eigenvalue weighted by molar-refractivity contribution is 0.0948. The van der Waals surface area contributed by atoms with E-state index in [0.717, 1.165) is 27.0 Å². The minimum absolute atomic E-state index is 0.0697. The normalized spacial score (nSPS) is 10.8. The van der Waals surface area contributed by atoms with E-state index in [2.05, 4.69) is 50.4 Å². The van der Waals surface area contributed by atoms with Gasteiger partial charge in [0.05, 0.1) is 23.1 Å². The first kappa shape index (κ1) is 15.0. The summed E-state index contributed by atoms with van der Waals surface area (Å²) in [5, 5.41) is 2.96. The number of nitrogens with zero attached hydrogens (tertiary/aromatic N) is 2. The van der Waals surface area contributed by atoms with Gasteiger partial charge >= 0.3 is 0 Å². The monoisotopic (exact) mass is 405 g/mol. The van der Waals surface area contributed by atoms with E-state index in [0.29, 0.717) is 12.1 Å². The van der Waals surface area contributed by atoms with Crippen LogP contribution < -0.4 is 5.32 Å². The van der Waals surface area contributed by atoms with E-state index in [-0.39, 0.29) is 5.91 Å². The summed E-state index contributed by atoms with van der Waals surface area (Å²) in [6.07, 6.45) is 0. The minimum Gasteiger partial charge on any atom is -0.345 e.